The average molecular weight is 421 g/mol. The number of benzene rings is 2. The van der Waals surface area contributed by atoms with Gasteiger partial charge >= 0.3 is 6.18 Å². The van der Waals surface area contributed by atoms with E-state index in [2.05, 4.69) is 34.4 Å². The van der Waals surface area contributed by atoms with E-state index in [-0.39, 0.29) is 11.8 Å². The third-order valence-corrected chi connectivity index (χ3v) is 4.35. The van der Waals surface area contributed by atoms with Crippen molar-refractivity contribution in [1.29, 1.82) is 0 Å². The van der Waals surface area contributed by atoms with Crippen molar-refractivity contribution in [2.24, 2.45) is 5.92 Å². The monoisotopic (exact) mass is 420 g/mol. The van der Waals surface area contributed by atoms with Crippen molar-refractivity contribution >= 4 is 34.7 Å². The zero-order valence-electron chi connectivity index (χ0n) is 15.9. The van der Waals surface area contributed by atoms with Crippen LogP contribution in [0, 0.1) is 5.92 Å². The maximum absolute atomic E-state index is 13.5. The molecule has 8 heteroatoms. The van der Waals surface area contributed by atoms with E-state index in [4.69, 9.17) is 11.6 Å². The van der Waals surface area contributed by atoms with Gasteiger partial charge in [0.25, 0.3) is 0 Å². The summed E-state index contributed by atoms with van der Waals surface area (Å²) in [6.45, 7) is 4.10. The second-order valence-corrected chi connectivity index (χ2v) is 7.40. The maximum Gasteiger partial charge on any atom is 0.421 e. The standard InChI is InChI=1S/C21H20ClF3N4/c1-13(2)11-14-5-3-4-6-18(14)28-19-17(21(23,24)25)12-26-20(29-19)27-16-9-7-15(22)8-10-16/h3-10,12-13H,11H2,1-2H3,(H2,26,27,28,29). The van der Waals surface area contributed by atoms with Gasteiger partial charge in [0.2, 0.25) is 5.95 Å². The smallest absolute Gasteiger partial charge is 0.339 e. The van der Waals surface area contributed by atoms with Gasteiger partial charge in [-0.15, -0.1) is 0 Å². The van der Waals surface area contributed by atoms with Crippen LogP contribution in [0.25, 0.3) is 0 Å². The van der Waals surface area contributed by atoms with Crippen LogP contribution in [0.15, 0.2) is 54.7 Å². The van der Waals surface area contributed by atoms with Crippen molar-refractivity contribution in [1.82, 2.24) is 9.97 Å². The van der Waals surface area contributed by atoms with Crippen LogP contribution in [-0.2, 0) is 12.6 Å². The molecule has 0 saturated carbocycles. The Kier molecular flexibility index (Phi) is 6.27. The maximum atomic E-state index is 13.5. The number of hydrogen-bond acceptors (Lipinski definition) is 4. The molecule has 0 aliphatic rings. The third-order valence-electron chi connectivity index (χ3n) is 4.09. The van der Waals surface area contributed by atoms with Crippen molar-refractivity contribution in [3.05, 3.63) is 70.9 Å². The van der Waals surface area contributed by atoms with Crippen LogP contribution in [0.3, 0.4) is 0 Å². The predicted octanol–water partition coefficient (Wildman–Crippen LogP) is 6.83. The quantitative estimate of drug-likeness (QED) is 0.458. The topological polar surface area (TPSA) is 49.8 Å². The summed E-state index contributed by atoms with van der Waals surface area (Å²) < 4.78 is 40.5. The fraction of sp³-hybridized carbons (Fsp3) is 0.238. The predicted molar refractivity (Wildman–Crippen MR) is 110 cm³/mol. The Bertz CT molecular complexity index is 972. The fourth-order valence-electron chi connectivity index (χ4n) is 2.79. The lowest BCUT2D eigenvalue weighted by molar-refractivity contribution is -0.137. The lowest BCUT2D eigenvalue weighted by Crippen LogP contribution is -2.13. The van der Waals surface area contributed by atoms with Crippen LogP contribution in [0.1, 0.15) is 25.0 Å². The molecule has 4 nitrogen and oxygen atoms in total. The first kappa shape index (κ1) is 20.9. The van der Waals surface area contributed by atoms with Crippen molar-refractivity contribution in [2.45, 2.75) is 26.4 Å². The Balaban J connectivity index is 1.96. The lowest BCUT2D eigenvalue weighted by atomic mass is 10.0. The Labute approximate surface area is 172 Å². The molecule has 152 valence electrons. The van der Waals surface area contributed by atoms with Crippen molar-refractivity contribution in [2.75, 3.05) is 10.6 Å². The van der Waals surface area contributed by atoms with E-state index in [0.717, 1.165) is 18.2 Å². The molecule has 2 aromatic carbocycles. The third kappa shape index (κ3) is 5.60. The Morgan fingerprint density at radius 3 is 2.34 bits per heavy atom. The first-order valence-corrected chi connectivity index (χ1v) is 9.42. The lowest BCUT2D eigenvalue weighted by Gasteiger charge is -2.17. The Morgan fingerprint density at radius 2 is 1.69 bits per heavy atom. The molecular weight excluding hydrogens is 401 g/mol. The molecule has 0 unspecified atom stereocenters. The molecule has 0 saturated heterocycles. The van der Waals surface area contributed by atoms with Gasteiger partial charge in [-0.3, -0.25) is 0 Å². The minimum Gasteiger partial charge on any atom is -0.339 e. The minimum absolute atomic E-state index is 0.0455. The van der Waals surface area contributed by atoms with Crippen molar-refractivity contribution in [3.63, 3.8) is 0 Å². The molecule has 1 aromatic heterocycles. The number of nitrogens with one attached hydrogen (secondary N) is 2. The molecule has 2 N–H and O–H groups in total. The highest BCUT2D eigenvalue weighted by Gasteiger charge is 2.35. The van der Waals surface area contributed by atoms with E-state index < -0.39 is 11.7 Å². The fourth-order valence-corrected chi connectivity index (χ4v) is 2.92. The number of anilines is 4. The van der Waals surface area contributed by atoms with Crippen LogP contribution in [0.5, 0.6) is 0 Å². The van der Waals surface area contributed by atoms with Gasteiger partial charge in [0.1, 0.15) is 11.4 Å². The van der Waals surface area contributed by atoms with Gasteiger partial charge in [-0.25, -0.2) is 4.98 Å². The van der Waals surface area contributed by atoms with Gasteiger partial charge in [0, 0.05) is 22.6 Å². The SMILES string of the molecule is CC(C)Cc1ccccc1Nc1nc(Nc2ccc(Cl)cc2)ncc1C(F)(F)F. The second kappa shape index (κ2) is 8.69. The van der Waals surface area contributed by atoms with E-state index in [1.165, 1.54) is 0 Å². The molecule has 0 aliphatic carbocycles. The first-order valence-electron chi connectivity index (χ1n) is 9.04. The molecule has 0 aliphatic heterocycles. The highest BCUT2D eigenvalue weighted by atomic mass is 35.5. The first-order chi connectivity index (χ1) is 13.7. The summed E-state index contributed by atoms with van der Waals surface area (Å²) in [7, 11) is 0. The van der Waals surface area contributed by atoms with Crippen LogP contribution >= 0.6 is 11.6 Å². The molecule has 0 bridgehead atoms. The Morgan fingerprint density at radius 1 is 1.00 bits per heavy atom. The minimum atomic E-state index is -4.59. The average Bonchev–Trinajstić information content (AvgIpc) is 2.64. The van der Waals surface area contributed by atoms with Gasteiger partial charge in [0.05, 0.1) is 0 Å². The summed E-state index contributed by atoms with van der Waals surface area (Å²) >= 11 is 5.86. The summed E-state index contributed by atoms with van der Waals surface area (Å²) in [5.41, 5.74) is 1.18. The zero-order valence-corrected chi connectivity index (χ0v) is 16.6. The molecule has 3 aromatic rings. The largest absolute Gasteiger partial charge is 0.421 e. The van der Waals surface area contributed by atoms with Crippen LogP contribution in [0.4, 0.5) is 36.3 Å². The summed E-state index contributed by atoms with van der Waals surface area (Å²) in [5, 5.41) is 6.30. The molecule has 0 spiro atoms. The van der Waals surface area contributed by atoms with Gasteiger partial charge in [0.15, 0.2) is 0 Å². The number of aromatic nitrogens is 2. The van der Waals surface area contributed by atoms with Gasteiger partial charge in [-0.2, -0.15) is 18.2 Å². The number of rotatable bonds is 6. The number of hydrogen-bond donors (Lipinski definition) is 2. The second-order valence-electron chi connectivity index (χ2n) is 6.97. The highest BCUT2D eigenvalue weighted by molar-refractivity contribution is 6.30. The van der Waals surface area contributed by atoms with Gasteiger partial charge < -0.3 is 10.6 Å². The molecule has 0 amide bonds. The Hall–Kier alpha value is -2.80. The number of halogens is 4. The molecule has 29 heavy (non-hydrogen) atoms. The number of para-hydroxylation sites is 1. The molecular formula is C21H20ClF3N4. The molecule has 3 rings (SSSR count). The molecule has 0 radical (unpaired) electrons. The highest BCUT2D eigenvalue weighted by Crippen LogP contribution is 2.36. The van der Waals surface area contributed by atoms with Crippen LogP contribution in [-0.4, -0.2) is 9.97 Å². The summed E-state index contributed by atoms with van der Waals surface area (Å²) in [4.78, 5) is 7.91. The summed E-state index contributed by atoms with van der Waals surface area (Å²) in [6.07, 6.45) is -3.09. The number of nitrogens with zero attached hydrogens (tertiary/aromatic N) is 2. The van der Waals surface area contributed by atoms with E-state index in [0.29, 0.717) is 22.3 Å². The van der Waals surface area contributed by atoms with Crippen LogP contribution < -0.4 is 10.6 Å². The van der Waals surface area contributed by atoms with Crippen LogP contribution in [0.2, 0.25) is 5.02 Å². The normalized spacial score (nSPS) is 11.6. The van der Waals surface area contributed by atoms with Gasteiger partial charge in [-0.05, 0) is 48.2 Å². The van der Waals surface area contributed by atoms with E-state index in [1.807, 2.05) is 12.1 Å². The van der Waals surface area contributed by atoms with Crippen molar-refractivity contribution < 1.29 is 13.2 Å². The molecule has 0 fully saturated rings. The summed E-state index contributed by atoms with van der Waals surface area (Å²) in [5.74, 6) is 0.0944. The van der Waals surface area contributed by atoms with Gasteiger partial charge in [-0.1, -0.05) is 43.6 Å². The van der Waals surface area contributed by atoms with Crippen molar-refractivity contribution in [3.8, 4) is 0 Å². The number of alkyl halides is 3. The molecule has 1 heterocycles. The zero-order chi connectivity index (χ0) is 21.0. The summed E-state index contributed by atoms with van der Waals surface area (Å²) in [6, 6.07) is 14.0. The van der Waals surface area contributed by atoms with E-state index in [9.17, 15) is 13.2 Å². The van der Waals surface area contributed by atoms with E-state index >= 15 is 0 Å². The molecule has 0 atom stereocenters. The van der Waals surface area contributed by atoms with E-state index in [1.54, 1.807) is 36.4 Å².